The van der Waals surface area contributed by atoms with Crippen molar-refractivity contribution in [1.29, 1.82) is 0 Å². The number of aryl methyl sites for hydroxylation is 1. The highest BCUT2D eigenvalue weighted by atomic mass is 28.4. The van der Waals surface area contributed by atoms with Crippen LogP contribution < -0.4 is 5.73 Å². The highest BCUT2D eigenvalue weighted by Crippen LogP contribution is 2.42. The number of hydrogen-bond donors (Lipinski definition) is 1. The zero-order valence-corrected chi connectivity index (χ0v) is 28.5. The van der Waals surface area contributed by atoms with Gasteiger partial charge in [-0.25, -0.2) is 19.3 Å². The van der Waals surface area contributed by atoms with Crippen LogP contribution in [0, 0.1) is 5.82 Å². The Labute approximate surface area is 248 Å². The summed E-state index contributed by atoms with van der Waals surface area (Å²) in [5, 5.41) is 0. The highest BCUT2D eigenvalue weighted by molar-refractivity contribution is 6.77. The molecule has 2 N–H and O–H groups in total. The molecule has 2 heterocycles. The second-order valence-electron chi connectivity index (χ2n) is 13.1. The number of halogens is 1. The highest BCUT2D eigenvalue weighted by Gasteiger charge is 2.44. The normalized spacial score (nSPS) is 12.7. The molecule has 0 aliphatic carbocycles. The summed E-state index contributed by atoms with van der Waals surface area (Å²) in [6.45, 7) is 22.6. The first-order valence-electron chi connectivity index (χ1n) is 14.9. The van der Waals surface area contributed by atoms with E-state index >= 15 is 0 Å². The molecular formula is C31H50FN5O2Si2. The summed E-state index contributed by atoms with van der Waals surface area (Å²) in [5.74, 6) is 0.785. The lowest BCUT2D eigenvalue weighted by molar-refractivity contribution is 0.0859. The van der Waals surface area contributed by atoms with Crippen molar-refractivity contribution in [1.82, 2.24) is 19.5 Å². The van der Waals surface area contributed by atoms with Gasteiger partial charge in [0.1, 0.15) is 18.4 Å². The van der Waals surface area contributed by atoms with Gasteiger partial charge < -0.3 is 19.5 Å². The van der Waals surface area contributed by atoms with E-state index in [9.17, 15) is 4.39 Å². The van der Waals surface area contributed by atoms with Crippen molar-refractivity contribution in [2.75, 3.05) is 18.9 Å². The Morgan fingerprint density at radius 2 is 1.54 bits per heavy atom. The van der Waals surface area contributed by atoms with Crippen LogP contribution in [0.5, 0.6) is 0 Å². The Morgan fingerprint density at radius 1 is 0.902 bits per heavy atom. The van der Waals surface area contributed by atoms with Gasteiger partial charge in [-0.3, -0.25) is 0 Å². The molecule has 0 atom stereocenters. The van der Waals surface area contributed by atoms with Gasteiger partial charge >= 0.3 is 0 Å². The predicted molar refractivity (Wildman–Crippen MR) is 172 cm³/mol. The van der Waals surface area contributed by atoms with E-state index in [1.54, 1.807) is 18.3 Å². The van der Waals surface area contributed by atoms with E-state index in [0.717, 1.165) is 35.2 Å². The fourth-order valence-electron chi connectivity index (χ4n) is 5.92. The van der Waals surface area contributed by atoms with Crippen LogP contribution in [-0.4, -0.2) is 49.1 Å². The van der Waals surface area contributed by atoms with Crippen LogP contribution in [0.25, 0.3) is 22.6 Å². The molecule has 0 spiro atoms. The summed E-state index contributed by atoms with van der Waals surface area (Å²) in [7, 11) is -3.21. The third-order valence-corrected chi connectivity index (χ3v) is 15.7. The van der Waals surface area contributed by atoms with Gasteiger partial charge in [0.25, 0.3) is 0 Å². The van der Waals surface area contributed by atoms with E-state index in [4.69, 9.17) is 19.9 Å². The van der Waals surface area contributed by atoms with Crippen LogP contribution in [0.3, 0.4) is 0 Å². The molecule has 0 bridgehead atoms. The van der Waals surface area contributed by atoms with E-state index in [-0.39, 0.29) is 11.8 Å². The van der Waals surface area contributed by atoms with Gasteiger partial charge in [0, 0.05) is 39.5 Å². The lowest BCUT2D eigenvalue weighted by Crippen LogP contribution is -2.48. The van der Waals surface area contributed by atoms with E-state index in [1.165, 1.54) is 12.1 Å². The zero-order chi connectivity index (χ0) is 30.4. The minimum absolute atomic E-state index is 0.187. The van der Waals surface area contributed by atoms with Crippen molar-refractivity contribution in [3.63, 3.8) is 0 Å². The molecule has 2 aromatic heterocycles. The summed E-state index contributed by atoms with van der Waals surface area (Å²) >= 11 is 0. The third kappa shape index (κ3) is 8.33. The van der Waals surface area contributed by atoms with Gasteiger partial charge in [0.15, 0.2) is 8.32 Å². The number of nitrogen functional groups attached to an aromatic ring is 1. The predicted octanol–water partition coefficient (Wildman–Crippen LogP) is 8.17. The monoisotopic (exact) mass is 599 g/mol. The quantitative estimate of drug-likeness (QED) is 0.140. The summed E-state index contributed by atoms with van der Waals surface area (Å²) in [6.07, 6.45) is 3.20. The third-order valence-electron chi connectivity index (χ3n) is 7.90. The van der Waals surface area contributed by atoms with Crippen LogP contribution in [0.2, 0.25) is 42.3 Å². The molecule has 10 heteroatoms. The smallest absolute Gasteiger partial charge is 0.220 e. The van der Waals surface area contributed by atoms with Gasteiger partial charge in [-0.05, 0) is 59.4 Å². The number of imidazole rings is 1. The number of hydrogen-bond acceptors (Lipinski definition) is 6. The van der Waals surface area contributed by atoms with Gasteiger partial charge in [-0.1, -0.05) is 61.2 Å². The maximum atomic E-state index is 13.8. The first kappa shape index (κ1) is 33.1. The average Bonchev–Trinajstić information content (AvgIpc) is 3.24. The molecule has 0 aliphatic rings. The number of nitrogens with zero attached hydrogens (tertiary/aromatic N) is 4. The Morgan fingerprint density at radius 3 is 2.10 bits per heavy atom. The van der Waals surface area contributed by atoms with Gasteiger partial charge in [-0.2, -0.15) is 0 Å². The first-order chi connectivity index (χ1) is 19.3. The first-order valence-corrected chi connectivity index (χ1v) is 20.8. The van der Waals surface area contributed by atoms with Crippen LogP contribution in [0.1, 0.15) is 53.8 Å². The minimum atomic E-state index is -1.96. The number of rotatable bonds is 15. The van der Waals surface area contributed by atoms with Gasteiger partial charge in [0.2, 0.25) is 5.95 Å². The molecule has 0 aliphatic heterocycles. The second kappa shape index (κ2) is 14.2. The molecule has 41 heavy (non-hydrogen) atoms. The average molecular weight is 600 g/mol. The van der Waals surface area contributed by atoms with E-state index in [2.05, 4.69) is 75.7 Å². The lowest BCUT2D eigenvalue weighted by atomic mass is 10.1. The largest absolute Gasteiger partial charge is 0.416 e. The molecule has 0 saturated heterocycles. The molecule has 0 radical (unpaired) electrons. The Balaban J connectivity index is 1.99. The number of nitrogens with two attached hydrogens (primary N) is 1. The molecule has 3 rings (SSSR count). The molecule has 3 aromatic rings. The van der Waals surface area contributed by atoms with Crippen LogP contribution in [0.15, 0.2) is 36.5 Å². The SMILES string of the molecule is CC(C)[Si](OCCCc1nc(-c2ccc(F)cc2)c(-c2ccnc(N)n2)n1COCC[Si](C)(C)C)(C(C)C)C(C)C. The van der Waals surface area contributed by atoms with Crippen molar-refractivity contribution in [2.45, 2.75) is 103 Å². The van der Waals surface area contributed by atoms with Crippen molar-refractivity contribution < 1.29 is 13.6 Å². The molecule has 0 saturated carbocycles. The van der Waals surface area contributed by atoms with E-state index in [1.807, 2.05) is 6.07 Å². The number of ether oxygens (including phenoxy) is 1. The van der Waals surface area contributed by atoms with Crippen LogP contribution >= 0.6 is 0 Å². The number of aromatic nitrogens is 4. The van der Waals surface area contributed by atoms with Gasteiger partial charge in [0.05, 0.1) is 17.1 Å². The minimum Gasteiger partial charge on any atom is -0.416 e. The van der Waals surface area contributed by atoms with Crippen molar-refractivity contribution in [2.24, 2.45) is 0 Å². The Bertz CT molecular complexity index is 1230. The molecule has 1 aromatic carbocycles. The summed E-state index contributed by atoms with van der Waals surface area (Å²) in [6, 6.07) is 9.32. The molecule has 0 unspecified atom stereocenters. The number of benzene rings is 1. The lowest BCUT2D eigenvalue weighted by Gasteiger charge is -2.42. The zero-order valence-electron chi connectivity index (χ0n) is 26.5. The van der Waals surface area contributed by atoms with Crippen LogP contribution in [0.4, 0.5) is 10.3 Å². The second-order valence-corrected chi connectivity index (χ2v) is 24.2. The summed E-state index contributed by atoms with van der Waals surface area (Å²) in [5.41, 5.74) is 10.6. The topological polar surface area (TPSA) is 88.1 Å². The van der Waals surface area contributed by atoms with Crippen molar-refractivity contribution >= 4 is 22.3 Å². The van der Waals surface area contributed by atoms with E-state index < -0.39 is 16.4 Å². The molecule has 7 nitrogen and oxygen atoms in total. The van der Waals surface area contributed by atoms with Crippen molar-refractivity contribution in [3.8, 4) is 22.6 Å². The van der Waals surface area contributed by atoms with Crippen molar-refractivity contribution in [3.05, 3.63) is 48.2 Å². The summed E-state index contributed by atoms with van der Waals surface area (Å²) < 4.78 is 29.0. The molecule has 226 valence electrons. The van der Waals surface area contributed by atoms with Gasteiger partial charge in [-0.15, -0.1) is 0 Å². The Hall–Kier alpha value is -2.41. The Kier molecular flexibility index (Phi) is 11.4. The maximum absolute atomic E-state index is 13.8. The standard InChI is InChI=1S/C31H50FN5O2Si2/c1-22(2)41(23(3)4,24(5)6)39-18-10-11-28-36-29(25-12-14-26(32)15-13-25)30(27-16-17-34-31(33)35-27)37(28)21-38-19-20-40(7,8)9/h12-17,22-24H,10-11,18-21H2,1-9H3,(H2,33,34,35). The molecule has 0 amide bonds. The summed E-state index contributed by atoms with van der Waals surface area (Å²) in [4.78, 5) is 13.7. The fourth-order valence-corrected chi connectivity index (χ4v) is 12.2. The maximum Gasteiger partial charge on any atom is 0.220 e. The molecule has 0 fully saturated rings. The number of anilines is 1. The fraction of sp³-hybridized carbons (Fsp3) is 0.581. The van der Waals surface area contributed by atoms with E-state index in [0.29, 0.717) is 48.7 Å². The molecular weight excluding hydrogens is 550 g/mol. The van der Waals surface area contributed by atoms with Crippen LogP contribution in [-0.2, 0) is 22.3 Å².